The van der Waals surface area contributed by atoms with Crippen LogP contribution in [0.3, 0.4) is 0 Å². The van der Waals surface area contributed by atoms with Crippen molar-refractivity contribution < 1.29 is 9.53 Å². The lowest BCUT2D eigenvalue weighted by atomic mass is 9.93. The largest absolute Gasteiger partial charge is 0.480 e. The second-order valence-electron chi connectivity index (χ2n) is 4.13. The number of rotatable bonds is 1. The summed E-state index contributed by atoms with van der Waals surface area (Å²) in [7, 11) is 0. The molecule has 1 aliphatic rings. The number of carbonyl (C=O) groups is 1. The molecule has 18 heavy (non-hydrogen) atoms. The molecule has 1 aliphatic heterocycles. The van der Waals surface area contributed by atoms with Crippen LogP contribution < -0.4 is 4.74 Å². The van der Waals surface area contributed by atoms with Gasteiger partial charge in [-0.2, -0.15) is 0 Å². The van der Waals surface area contributed by atoms with E-state index in [9.17, 15) is 4.79 Å². The van der Waals surface area contributed by atoms with Gasteiger partial charge in [0.1, 0.15) is 5.75 Å². The van der Waals surface area contributed by atoms with Crippen molar-refractivity contribution in [2.45, 2.75) is 6.10 Å². The van der Waals surface area contributed by atoms with Crippen LogP contribution in [-0.2, 0) is 0 Å². The summed E-state index contributed by atoms with van der Waals surface area (Å²) in [6, 6.07) is 10.9. The molecule has 1 unspecified atom stereocenters. The molecular formula is C15H11NO2. The van der Waals surface area contributed by atoms with Crippen LogP contribution in [-0.4, -0.2) is 10.8 Å². The average molecular weight is 237 g/mol. The third-order valence-electron chi connectivity index (χ3n) is 2.99. The van der Waals surface area contributed by atoms with Gasteiger partial charge in [-0.15, -0.1) is 0 Å². The monoisotopic (exact) mass is 237 g/mol. The van der Waals surface area contributed by atoms with Crippen LogP contribution >= 0.6 is 0 Å². The third-order valence-corrected chi connectivity index (χ3v) is 2.99. The normalized spacial score (nSPS) is 18.1. The van der Waals surface area contributed by atoms with Crippen molar-refractivity contribution in [1.82, 2.24) is 4.98 Å². The van der Waals surface area contributed by atoms with Crippen LogP contribution in [0.15, 0.2) is 60.9 Å². The van der Waals surface area contributed by atoms with Gasteiger partial charge in [0.25, 0.3) is 0 Å². The number of ketones is 1. The van der Waals surface area contributed by atoms with Gasteiger partial charge < -0.3 is 4.74 Å². The van der Waals surface area contributed by atoms with E-state index in [1.807, 2.05) is 24.3 Å². The molecule has 0 radical (unpaired) electrons. The molecule has 0 bridgehead atoms. The van der Waals surface area contributed by atoms with Gasteiger partial charge in [0, 0.05) is 23.5 Å². The van der Waals surface area contributed by atoms with Crippen molar-refractivity contribution in [3.8, 4) is 5.75 Å². The van der Waals surface area contributed by atoms with Crippen molar-refractivity contribution in [2.75, 3.05) is 0 Å². The van der Waals surface area contributed by atoms with E-state index >= 15 is 0 Å². The molecule has 2 heterocycles. The van der Waals surface area contributed by atoms with Crippen LogP contribution in [0, 0.1) is 0 Å². The zero-order valence-corrected chi connectivity index (χ0v) is 9.67. The minimum atomic E-state index is -0.421. The molecule has 88 valence electrons. The predicted molar refractivity (Wildman–Crippen MR) is 67.5 cm³/mol. The number of nitrogens with zero attached hydrogens (tertiary/aromatic N) is 1. The first-order valence-electron chi connectivity index (χ1n) is 5.66. The molecule has 0 N–H and O–H groups in total. The highest BCUT2D eigenvalue weighted by atomic mass is 16.5. The minimum absolute atomic E-state index is 0.0568. The van der Waals surface area contributed by atoms with Gasteiger partial charge in [-0.3, -0.25) is 9.78 Å². The number of pyridine rings is 1. The maximum atomic E-state index is 12.2. The van der Waals surface area contributed by atoms with Crippen LogP contribution in [0.4, 0.5) is 0 Å². The number of Topliss-reactive ketones (excluding diaryl/α,β-unsaturated/α-hetero) is 1. The van der Waals surface area contributed by atoms with Crippen LogP contribution in [0.25, 0.3) is 0 Å². The van der Waals surface area contributed by atoms with Gasteiger partial charge in [0.15, 0.2) is 11.9 Å². The second-order valence-corrected chi connectivity index (χ2v) is 4.13. The Labute approximate surface area is 105 Å². The number of para-hydroxylation sites is 1. The summed E-state index contributed by atoms with van der Waals surface area (Å²) in [5, 5.41) is 0. The third kappa shape index (κ3) is 1.61. The number of hydrogen-bond acceptors (Lipinski definition) is 3. The zero-order valence-electron chi connectivity index (χ0n) is 9.67. The number of carbonyl (C=O) groups excluding carboxylic acids is 1. The first-order chi connectivity index (χ1) is 8.77. The number of hydrogen-bond donors (Lipinski definition) is 0. The highest BCUT2D eigenvalue weighted by Gasteiger charge is 2.30. The van der Waals surface area contributed by atoms with E-state index in [-0.39, 0.29) is 5.78 Å². The number of fused-ring (bicyclic) bond motifs is 1. The Kier molecular flexibility index (Phi) is 2.45. The summed E-state index contributed by atoms with van der Waals surface area (Å²) < 4.78 is 5.85. The molecular weight excluding hydrogens is 226 g/mol. The fraction of sp³-hybridized carbons (Fsp3) is 0.0667. The van der Waals surface area contributed by atoms with Crippen LogP contribution in [0.5, 0.6) is 5.75 Å². The Bertz CT molecular complexity index is 619. The summed E-state index contributed by atoms with van der Waals surface area (Å²) in [6.07, 6.45) is 2.93. The molecule has 3 heteroatoms. The topological polar surface area (TPSA) is 39.2 Å². The molecule has 0 saturated heterocycles. The summed E-state index contributed by atoms with van der Waals surface area (Å²) in [5.41, 5.74) is 1.92. The summed E-state index contributed by atoms with van der Waals surface area (Å²) in [6.45, 7) is 3.86. The fourth-order valence-electron chi connectivity index (χ4n) is 2.05. The molecule has 3 rings (SSSR count). The highest BCUT2D eigenvalue weighted by molar-refractivity contribution is 6.11. The van der Waals surface area contributed by atoms with Crippen molar-refractivity contribution in [1.29, 1.82) is 0 Å². The van der Waals surface area contributed by atoms with E-state index < -0.39 is 6.10 Å². The quantitative estimate of drug-likeness (QED) is 0.716. The Morgan fingerprint density at radius 3 is 2.61 bits per heavy atom. The second kappa shape index (κ2) is 4.11. The van der Waals surface area contributed by atoms with E-state index in [1.54, 1.807) is 24.5 Å². The predicted octanol–water partition coefficient (Wildman–Crippen LogP) is 2.95. The van der Waals surface area contributed by atoms with Crippen LogP contribution in [0.2, 0.25) is 0 Å². The van der Waals surface area contributed by atoms with Crippen molar-refractivity contribution in [3.05, 3.63) is 72.1 Å². The Morgan fingerprint density at radius 2 is 1.83 bits per heavy atom. The van der Waals surface area contributed by atoms with E-state index in [4.69, 9.17) is 4.74 Å². The van der Waals surface area contributed by atoms with E-state index in [1.165, 1.54) is 0 Å². The van der Waals surface area contributed by atoms with Crippen LogP contribution in [0.1, 0.15) is 22.0 Å². The van der Waals surface area contributed by atoms with E-state index in [0.717, 1.165) is 5.56 Å². The molecule has 1 atom stereocenters. The first-order valence-corrected chi connectivity index (χ1v) is 5.66. The first kappa shape index (κ1) is 10.7. The maximum Gasteiger partial charge on any atom is 0.196 e. The Morgan fingerprint density at radius 1 is 1.11 bits per heavy atom. The summed E-state index contributed by atoms with van der Waals surface area (Å²) in [4.78, 5) is 16.2. The van der Waals surface area contributed by atoms with E-state index in [2.05, 4.69) is 11.6 Å². The zero-order chi connectivity index (χ0) is 12.5. The minimum Gasteiger partial charge on any atom is -0.480 e. The standard InChI is InChI=1S/C15H11NO2/c1-10-14(17)12-4-2-3-5-13(12)18-15(10)11-6-8-16-9-7-11/h2-9,15H,1H2. The number of ether oxygens (including phenoxy) is 1. The molecule has 2 aromatic rings. The molecule has 1 aromatic heterocycles. The van der Waals surface area contributed by atoms with E-state index in [0.29, 0.717) is 16.9 Å². The van der Waals surface area contributed by atoms with Gasteiger partial charge in [0.2, 0.25) is 0 Å². The molecule has 1 aromatic carbocycles. The smallest absolute Gasteiger partial charge is 0.196 e. The lowest BCUT2D eigenvalue weighted by Gasteiger charge is -2.27. The summed E-state index contributed by atoms with van der Waals surface area (Å²) in [5.74, 6) is 0.551. The van der Waals surface area contributed by atoms with Crippen molar-refractivity contribution >= 4 is 5.78 Å². The van der Waals surface area contributed by atoms with Gasteiger partial charge in [-0.25, -0.2) is 0 Å². The molecule has 0 saturated carbocycles. The highest BCUT2D eigenvalue weighted by Crippen LogP contribution is 2.36. The number of aromatic nitrogens is 1. The Balaban J connectivity index is 2.07. The molecule has 0 spiro atoms. The maximum absolute atomic E-state index is 12.2. The van der Waals surface area contributed by atoms with Gasteiger partial charge >= 0.3 is 0 Å². The molecule has 3 nitrogen and oxygen atoms in total. The summed E-state index contributed by atoms with van der Waals surface area (Å²) >= 11 is 0. The van der Waals surface area contributed by atoms with Gasteiger partial charge in [0.05, 0.1) is 5.56 Å². The van der Waals surface area contributed by atoms with Crippen molar-refractivity contribution in [2.24, 2.45) is 0 Å². The van der Waals surface area contributed by atoms with Gasteiger partial charge in [-0.1, -0.05) is 18.7 Å². The average Bonchev–Trinajstić information content (AvgIpc) is 2.44. The Hall–Kier alpha value is -2.42. The molecule has 0 fully saturated rings. The lowest BCUT2D eigenvalue weighted by molar-refractivity contribution is 0.0962. The lowest BCUT2D eigenvalue weighted by Crippen LogP contribution is -2.23. The van der Waals surface area contributed by atoms with Gasteiger partial charge in [-0.05, 0) is 24.3 Å². The number of benzene rings is 1. The SMILES string of the molecule is C=C1C(=O)c2ccccc2OC1c1ccncc1. The molecule has 0 aliphatic carbocycles. The van der Waals surface area contributed by atoms with Crippen molar-refractivity contribution in [3.63, 3.8) is 0 Å². The molecule has 0 amide bonds. The fourth-order valence-corrected chi connectivity index (χ4v) is 2.05.